The average Bonchev–Trinajstić information content (AvgIpc) is 3.05. The molecule has 0 saturated carbocycles. The first-order chi connectivity index (χ1) is 10.0. The number of aromatic amines is 1. The minimum atomic E-state index is -4.60. The Bertz CT molecular complexity index is 732. The van der Waals surface area contributed by atoms with Crippen molar-refractivity contribution in [3.8, 4) is 0 Å². The maximum Gasteiger partial charge on any atom is 0.453 e. The van der Waals surface area contributed by atoms with Gasteiger partial charge in [0.1, 0.15) is 5.82 Å². The molecule has 3 aromatic rings. The van der Waals surface area contributed by atoms with Crippen LogP contribution in [0, 0.1) is 0 Å². The summed E-state index contributed by atoms with van der Waals surface area (Å²) in [7, 11) is 0. The molecule has 0 spiro atoms. The zero-order chi connectivity index (χ0) is 14.9. The summed E-state index contributed by atoms with van der Waals surface area (Å²) >= 11 is 0. The first-order valence-corrected chi connectivity index (χ1v) is 6.05. The van der Waals surface area contributed by atoms with E-state index >= 15 is 0 Å². The molecule has 3 heterocycles. The molecule has 0 aromatic carbocycles. The van der Waals surface area contributed by atoms with Crippen molar-refractivity contribution in [3.63, 3.8) is 0 Å². The molecule has 2 N–H and O–H groups in total. The van der Waals surface area contributed by atoms with E-state index in [1.807, 2.05) is 0 Å². The highest BCUT2D eigenvalue weighted by molar-refractivity contribution is 5.44. The molecule has 0 aliphatic rings. The lowest BCUT2D eigenvalue weighted by molar-refractivity contribution is -0.146. The fourth-order valence-electron chi connectivity index (χ4n) is 1.81. The van der Waals surface area contributed by atoms with Gasteiger partial charge in [-0.2, -0.15) is 17.7 Å². The number of anilines is 1. The van der Waals surface area contributed by atoms with Crippen LogP contribution in [0.1, 0.15) is 11.5 Å². The summed E-state index contributed by atoms with van der Waals surface area (Å²) in [5.41, 5.74) is 0.963. The van der Waals surface area contributed by atoms with E-state index in [0.717, 1.165) is 5.69 Å². The third-order valence-corrected chi connectivity index (χ3v) is 2.77. The van der Waals surface area contributed by atoms with Crippen LogP contribution in [-0.2, 0) is 12.6 Å². The highest BCUT2D eigenvalue weighted by Gasteiger charge is 2.37. The SMILES string of the molecule is FC(F)(F)c1nnc2ccc(NCCc3cnc[nH]3)nn12. The summed E-state index contributed by atoms with van der Waals surface area (Å²) in [4.78, 5) is 6.81. The van der Waals surface area contributed by atoms with Crippen molar-refractivity contribution in [2.45, 2.75) is 12.6 Å². The van der Waals surface area contributed by atoms with Crippen LogP contribution in [0.4, 0.5) is 19.0 Å². The molecule has 7 nitrogen and oxygen atoms in total. The number of alkyl halides is 3. The molecule has 0 fully saturated rings. The van der Waals surface area contributed by atoms with Crippen molar-refractivity contribution >= 4 is 11.5 Å². The lowest BCUT2D eigenvalue weighted by Crippen LogP contribution is -2.14. The topological polar surface area (TPSA) is 83.8 Å². The predicted octanol–water partition coefficient (Wildman–Crippen LogP) is 1.52. The van der Waals surface area contributed by atoms with Gasteiger partial charge in [-0.1, -0.05) is 0 Å². The number of rotatable bonds is 4. The number of nitrogens with one attached hydrogen (secondary N) is 2. The maximum absolute atomic E-state index is 12.7. The van der Waals surface area contributed by atoms with Crippen LogP contribution in [0.5, 0.6) is 0 Å². The molecular weight excluding hydrogens is 287 g/mol. The molecule has 3 rings (SSSR count). The van der Waals surface area contributed by atoms with E-state index in [-0.39, 0.29) is 5.65 Å². The van der Waals surface area contributed by atoms with Gasteiger partial charge in [-0.3, -0.25) is 0 Å². The van der Waals surface area contributed by atoms with Crippen LogP contribution < -0.4 is 5.32 Å². The molecule has 0 atom stereocenters. The van der Waals surface area contributed by atoms with Crippen molar-refractivity contribution in [3.05, 3.63) is 36.2 Å². The van der Waals surface area contributed by atoms with Gasteiger partial charge in [0, 0.05) is 24.9 Å². The van der Waals surface area contributed by atoms with Crippen molar-refractivity contribution in [1.82, 2.24) is 29.8 Å². The number of aromatic nitrogens is 6. The normalized spacial score (nSPS) is 12.0. The average molecular weight is 297 g/mol. The zero-order valence-corrected chi connectivity index (χ0v) is 10.6. The molecule has 110 valence electrons. The Labute approximate surface area is 116 Å². The van der Waals surface area contributed by atoms with Crippen LogP contribution in [-0.4, -0.2) is 36.3 Å². The minimum absolute atomic E-state index is 0.0430. The highest BCUT2D eigenvalue weighted by atomic mass is 19.4. The Hall–Kier alpha value is -2.65. The molecule has 0 saturated heterocycles. The summed E-state index contributed by atoms with van der Waals surface area (Å²) in [6, 6.07) is 2.98. The molecule has 0 bridgehead atoms. The fourth-order valence-corrected chi connectivity index (χ4v) is 1.81. The third kappa shape index (κ3) is 2.78. The second-order valence-corrected chi connectivity index (χ2v) is 4.26. The molecule has 21 heavy (non-hydrogen) atoms. The molecule has 10 heteroatoms. The first-order valence-electron chi connectivity index (χ1n) is 6.05. The summed E-state index contributed by atoms with van der Waals surface area (Å²) in [6.07, 6.45) is -0.707. The fraction of sp³-hybridized carbons (Fsp3) is 0.273. The van der Waals surface area contributed by atoms with Gasteiger partial charge in [-0.25, -0.2) is 4.98 Å². The van der Waals surface area contributed by atoms with Crippen LogP contribution in [0.3, 0.4) is 0 Å². The van der Waals surface area contributed by atoms with Crippen LogP contribution in [0.25, 0.3) is 5.65 Å². The quantitative estimate of drug-likeness (QED) is 0.763. The van der Waals surface area contributed by atoms with E-state index in [4.69, 9.17) is 0 Å². The minimum Gasteiger partial charge on any atom is -0.368 e. The molecular formula is C11H10F3N7. The predicted molar refractivity (Wildman–Crippen MR) is 66.6 cm³/mol. The van der Waals surface area contributed by atoms with Gasteiger partial charge in [0.15, 0.2) is 5.65 Å². The van der Waals surface area contributed by atoms with Crippen molar-refractivity contribution in [1.29, 1.82) is 0 Å². The van der Waals surface area contributed by atoms with E-state index in [1.54, 1.807) is 18.6 Å². The zero-order valence-electron chi connectivity index (χ0n) is 10.6. The number of imidazole rings is 1. The number of fused-ring (bicyclic) bond motifs is 1. The second-order valence-electron chi connectivity index (χ2n) is 4.26. The lowest BCUT2D eigenvalue weighted by atomic mass is 10.3. The van der Waals surface area contributed by atoms with Crippen molar-refractivity contribution in [2.24, 2.45) is 0 Å². The van der Waals surface area contributed by atoms with E-state index in [2.05, 4.69) is 30.6 Å². The van der Waals surface area contributed by atoms with Crippen LogP contribution in [0.2, 0.25) is 0 Å². The summed E-state index contributed by atoms with van der Waals surface area (Å²) in [5, 5.41) is 13.3. The highest BCUT2D eigenvalue weighted by Crippen LogP contribution is 2.27. The van der Waals surface area contributed by atoms with Gasteiger partial charge < -0.3 is 10.3 Å². The van der Waals surface area contributed by atoms with Crippen LogP contribution in [0.15, 0.2) is 24.7 Å². The van der Waals surface area contributed by atoms with Gasteiger partial charge in [0.2, 0.25) is 0 Å². The summed E-state index contributed by atoms with van der Waals surface area (Å²) in [5.74, 6) is -0.831. The Balaban J connectivity index is 1.77. The smallest absolute Gasteiger partial charge is 0.368 e. The molecule has 0 aliphatic heterocycles. The third-order valence-electron chi connectivity index (χ3n) is 2.77. The number of H-pyrrole nitrogens is 1. The molecule has 0 radical (unpaired) electrons. The van der Waals surface area contributed by atoms with Gasteiger partial charge in [0.25, 0.3) is 5.82 Å². The van der Waals surface area contributed by atoms with Gasteiger partial charge in [-0.05, 0) is 12.1 Å². The molecule has 3 aromatic heterocycles. The summed E-state index contributed by atoms with van der Waals surface area (Å²) < 4.78 is 38.9. The van der Waals surface area contributed by atoms with E-state index < -0.39 is 12.0 Å². The first kappa shape index (κ1) is 13.3. The standard InChI is InChI=1S/C11H10F3N7/c12-11(13,14)10-19-18-9-2-1-8(20-21(9)10)16-4-3-7-5-15-6-17-7/h1-2,5-6H,3-4H2,(H,15,17)(H,16,20). The summed E-state index contributed by atoms with van der Waals surface area (Å²) in [6.45, 7) is 0.504. The lowest BCUT2D eigenvalue weighted by Gasteiger charge is -2.06. The molecule has 0 amide bonds. The number of nitrogens with zero attached hydrogens (tertiary/aromatic N) is 5. The van der Waals surface area contributed by atoms with Crippen molar-refractivity contribution in [2.75, 3.05) is 11.9 Å². The van der Waals surface area contributed by atoms with E-state index in [9.17, 15) is 13.2 Å². The largest absolute Gasteiger partial charge is 0.453 e. The molecule has 0 aliphatic carbocycles. The Kier molecular flexibility index (Phi) is 3.20. The molecule has 0 unspecified atom stereocenters. The Morgan fingerprint density at radius 3 is 2.81 bits per heavy atom. The second kappa shape index (κ2) is 5.04. The van der Waals surface area contributed by atoms with Crippen LogP contribution >= 0.6 is 0 Å². The van der Waals surface area contributed by atoms with Gasteiger partial charge in [-0.15, -0.1) is 15.3 Å². The maximum atomic E-state index is 12.7. The van der Waals surface area contributed by atoms with E-state index in [1.165, 1.54) is 6.07 Å². The van der Waals surface area contributed by atoms with Gasteiger partial charge >= 0.3 is 6.18 Å². The number of halogens is 3. The number of hydrogen-bond donors (Lipinski definition) is 2. The Morgan fingerprint density at radius 2 is 2.10 bits per heavy atom. The monoisotopic (exact) mass is 297 g/mol. The van der Waals surface area contributed by atoms with Gasteiger partial charge in [0.05, 0.1) is 6.33 Å². The van der Waals surface area contributed by atoms with Crippen molar-refractivity contribution < 1.29 is 13.2 Å². The van der Waals surface area contributed by atoms with E-state index in [0.29, 0.717) is 23.3 Å². The Morgan fingerprint density at radius 1 is 1.24 bits per heavy atom. The number of hydrogen-bond acceptors (Lipinski definition) is 5.